The van der Waals surface area contributed by atoms with Crippen LogP contribution < -0.4 is 10.5 Å². The third kappa shape index (κ3) is 2.81. The van der Waals surface area contributed by atoms with E-state index in [4.69, 9.17) is 17.3 Å². The van der Waals surface area contributed by atoms with E-state index in [1.165, 1.54) is 24.3 Å². The summed E-state index contributed by atoms with van der Waals surface area (Å²) in [6, 6.07) is 12.8. The third-order valence-electron chi connectivity index (χ3n) is 2.95. The first-order valence-corrected chi connectivity index (χ1v) is 8.12. The highest BCUT2D eigenvalue weighted by atomic mass is 35.5. The van der Waals surface area contributed by atoms with Crippen molar-refractivity contribution in [2.24, 2.45) is 0 Å². The number of nitrogens with zero attached hydrogens (tertiary/aromatic N) is 2. The quantitative estimate of drug-likeness (QED) is 0.767. The first kappa shape index (κ1) is 14.6. The predicted octanol–water partition coefficient (Wildman–Crippen LogP) is 2.67. The normalized spacial score (nSPS) is 11.5. The molecule has 0 unspecified atom stereocenters. The lowest BCUT2D eigenvalue weighted by molar-refractivity contribution is 0.601. The molecule has 8 heteroatoms. The minimum absolute atomic E-state index is 0.00588. The molecular weight excluding hydrogens is 324 g/mol. The van der Waals surface area contributed by atoms with E-state index in [1.807, 2.05) is 0 Å². The minimum Gasteiger partial charge on any atom is -0.381 e. The molecule has 1 heterocycles. The van der Waals surface area contributed by atoms with Crippen molar-refractivity contribution in [2.75, 3.05) is 10.5 Å². The molecule has 0 fully saturated rings. The van der Waals surface area contributed by atoms with Crippen molar-refractivity contribution in [2.45, 2.75) is 4.90 Å². The number of nitrogens with two attached hydrogens (primary N) is 1. The van der Waals surface area contributed by atoms with Gasteiger partial charge >= 0.3 is 0 Å². The number of anilines is 2. The van der Waals surface area contributed by atoms with Gasteiger partial charge in [-0.3, -0.25) is 4.72 Å². The summed E-state index contributed by atoms with van der Waals surface area (Å²) >= 11 is 5.75. The molecule has 1 aromatic heterocycles. The van der Waals surface area contributed by atoms with Crippen molar-refractivity contribution in [3.8, 4) is 0 Å². The van der Waals surface area contributed by atoms with Gasteiger partial charge in [0.2, 0.25) is 0 Å². The Morgan fingerprint density at radius 3 is 2.18 bits per heavy atom. The lowest BCUT2D eigenvalue weighted by Gasteiger charge is -2.10. The first-order valence-electron chi connectivity index (χ1n) is 6.26. The van der Waals surface area contributed by atoms with E-state index in [0.29, 0.717) is 16.1 Å². The Labute approximate surface area is 132 Å². The predicted molar refractivity (Wildman–Crippen MR) is 86.2 cm³/mol. The second-order valence-corrected chi connectivity index (χ2v) is 6.62. The number of nitrogen functional groups attached to an aromatic ring is 1. The standard InChI is InChI=1S/C14H11ClN4O2S/c15-9-5-7-10(8-6-9)22(20,21)19-14-13(16)17-11-3-1-2-4-12(11)18-14/h1-8H,(H2,16,17)(H,18,19). The van der Waals surface area contributed by atoms with Gasteiger partial charge in [0.05, 0.1) is 15.9 Å². The van der Waals surface area contributed by atoms with Crippen LogP contribution in [0.4, 0.5) is 11.6 Å². The monoisotopic (exact) mass is 334 g/mol. The van der Waals surface area contributed by atoms with E-state index in [-0.39, 0.29) is 16.5 Å². The molecule has 6 nitrogen and oxygen atoms in total. The Balaban J connectivity index is 2.01. The lowest BCUT2D eigenvalue weighted by atomic mass is 10.3. The summed E-state index contributed by atoms with van der Waals surface area (Å²) in [5.74, 6) is 0.00453. The highest BCUT2D eigenvalue weighted by Gasteiger charge is 2.17. The van der Waals surface area contributed by atoms with Gasteiger partial charge in [0.1, 0.15) is 0 Å². The molecule has 112 valence electrons. The number of halogens is 1. The van der Waals surface area contributed by atoms with Gasteiger partial charge in [0.15, 0.2) is 11.6 Å². The molecule has 0 amide bonds. The number of nitrogens with one attached hydrogen (secondary N) is 1. The highest BCUT2D eigenvalue weighted by Crippen LogP contribution is 2.22. The Bertz CT molecular complexity index is 943. The average molecular weight is 335 g/mol. The maximum atomic E-state index is 12.3. The number of hydrogen-bond donors (Lipinski definition) is 2. The summed E-state index contributed by atoms with van der Waals surface area (Å²) in [4.78, 5) is 8.40. The van der Waals surface area contributed by atoms with Crippen molar-refractivity contribution in [1.82, 2.24) is 9.97 Å². The number of aromatic nitrogens is 2. The Hall–Kier alpha value is -2.38. The molecule has 0 spiro atoms. The SMILES string of the molecule is Nc1nc2ccccc2nc1NS(=O)(=O)c1ccc(Cl)cc1. The molecule has 0 atom stereocenters. The van der Waals surface area contributed by atoms with Crippen molar-refractivity contribution in [1.29, 1.82) is 0 Å². The van der Waals surface area contributed by atoms with E-state index < -0.39 is 10.0 Å². The summed E-state index contributed by atoms with van der Waals surface area (Å²) in [6.07, 6.45) is 0. The van der Waals surface area contributed by atoms with Gasteiger partial charge in [-0.15, -0.1) is 0 Å². The molecule has 0 aliphatic carbocycles. The van der Waals surface area contributed by atoms with Gasteiger partial charge in [-0.2, -0.15) is 0 Å². The zero-order valence-electron chi connectivity index (χ0n) is 11.2. The number of hydrogen-bond acceptors (Lipinski definition) is 5. The minimum atomic E-state index is -3.81. The molecule has 3 rings (SSSR count). The van der Waals surface area contributed by atoms with E-state index >= 15 is 0 Å². The van der Waals surface area contributed by atoms with Crippen LogP contribution in [0, 0.1) is 0 Å². The Morgan fingerprint density at radius 1 is 0.955 bits per heavy atom. The van der Waals surface area contributed by atoms with Gasteiger partial charge < -0.3 is 5.73 Å². The van der Waals surface area contributed by atoms with Crippen LogP contribution in [0.2, 0.25) is 5.02 Å². The number of para-hydroxylation sites is 2. The second-order valence-electron chi connectivity index (χ2n) is 4.51. The van der Waals surface area contributed by atoms with Crippen LogP contribution >= 0.6 is 11.6 Å². The van der Waals surface area contributed by atoms with Crippen LogP contribution in [-0.2, 0) is 10.0 Å². The van der Waals surface area contributed by atoms with E-state index in [2.05, 4.69) is 14.7 Å². The number of fused-ring (bicyclic) bond motifs is 1. The molecule has 0 aliphatic heterocycles. The van der Waals surface area contributed by atoms with E-state index in [1.54, 1.807) is 24.3 Å². The number of rotatable bonds is 3. The topological polar surface area (TPSA) is 98.0 Å². The van der Waals surface area contributed by atoms with Crippen LogP contribution in [-0.4, -0.2) is 18.4 Å². The molecule has 0 bridgehead atoms. The molecule has 0 aliphatic rings. The summed E-state index contributed by atoms with van der Waals surface area (Å²) < 4.78 is 27.0. The fourth-order valence-electron chi connectivity index (χ4n) is 1.89. The summed E-state index contributed by atoms with van der Waals surface area (Å²) in [5.41, 5.74) is 6.91. The van der Waals surface area contributed by atoms with Crippen LogP contribution in [0.25, 0.3) is 11.0 Å². The van der Waals surface area contributed by atoms with E-state index in [0.717, 1.165) is 0 Å². The van der Waals surface area contributed by atoms with Crippen LogP contribution in [0.5, 0.6) is 0 Å². The highest BCUT2D eigenvalue weighted by molar-refractivity contribution is 7.92. The average Bonchev–Trinajstić information content (AvgIpc) is 2.48. The zero-order chi connectivity index (χ0) is 15.7. The van der Waals surface area contributed by atoms with Crippen molar-refractivity contribution in [3.05, 3.63) is 53.6 Å². The lowest BCUT2D eigenvalue weighted by Crippen LogP contribution is -2.16. The van der Waals surface area contributed by atoms with Crippen LogP contribution in [0.1, 0.15) is 0 Å². The van der Waals surface area contributed by atoms with Gasteiger partial charge in [-0.05, 0) is 36.4 Å². The maximum Gasteiger partial charge on any atom is 0.263 e. The molecule has 3 aromatic rings. The molecule has 0 radical (unpaired) electrons. The van der Waals surface area contributed by atoms with Gasteiger partial charge in [-0.1, -0.05) is 23.7 Å². The molecule has 0 saturated carbocycles. The molecular formula is C14H11ClN4O2S. The summed E-state index contributed by atoms with van der Waals surface area (Å²) in [5, 5.41) is 0.448. The molecule has 22 heavy (non-hydrogen) atoms. The molecule has 0 saturated heterocycles. The second kappa shape index (κ2) is 5.43. The van der Waals surface area contributed by atoms with Crippen LogP contribution in [0.15, 0.2) is 53.4 Å². The fraction of sp³-hybridized carbons (Fsp3) is 0. The van der Waals surface area contributed by atoms with Gasteiger partial charge in [0, 0.05) is 5.02 Å². The van der Waals surface area contributed by atoms with E-state index in [9.17, 15) is 8.42 Å². The number of benzene rings is 2. The third-order valence-corrected chi connectivity index (χ3v) is 4.56. The molecule has 3 N–H and O–H groups in total. The number of sulfonamides is 1. The Kier molecular flexibility index (Phi) is 3.59. The van der Waals surface area contributed by atoms with Crippen LogP contribution in [0.3, 0.4) is 0 Å². The van der Waals surface area contributed by atoms with Gasteiger partial charge in [0.25, 0.3) is 10.0 Å². The summed E-state index contributed by atoms with van der Waals surface area (Å²) in [7, 11) is -3.81. The maximum absolute atomic E-state index is 12.3. The van der Waals surface area contributed by atoms with Crippen molar-refractivity contribution >= 4 is 44.3 Å². The molecule has 2 aromatic carbocycles. The Morgan fingerprint density at radius 2 is 1.55 bits per heavy atom. The van der Waals surface area contributed by atoms with Crippen molar-refractivity contribution < 1.29 is 8.42 Å². The zero-order valence-corrected chi connectivity index (χ0v) is 12.8. The fourth-order valence-corrected chi connectivity index (χ4v) is 3.03. The van der Waals surface area contributed by atoms with Gasteiger partial charge in [-0.25, -0.2) is 18.4 Å². The summed E-state index contributed by atoms with van der Waals surface area (Å²) in [6.45, 7) is 0. The first-order chi connectivity index (χ1) is 10.5. The largest absolute Gasteiger partial charge is 0.381 e. The van der Waals surface area contributed by atoms with Crippen molar-refractivity contribution in [3.63, 3.8) is 0 Å². The smallest absolute Gasteiger partial charge is 0.263 e.